The second-order valence-electron chi connectivity index (χ2n) is 4.05. The minimum Gasteiger partial charge on any atom is -0.319 e. The molecule has 8 heteroatoms. The maximum Gasteiger partial charge on any atom is 0.417 e. The molecule has 0 aliphatic carbocycles. The third-order valence-electron chi connectivity index (χ3n) is 2.50. The maximum absolute atomic E-state index is 12.7. The van der Waals surface area contributed by atoms with E-state index in [9.17, 15) is 18.0 Å². The van der Waals surface area contributed by atoms with Crippen molar-refractivity contribution in [2.24, 2.45) is 7.05 Å². The lowest BCUT2D eigenvalue weighted by Crippen LogP contribution is -2.14. The molecular formula is C12H9BrF3N3O. The molecule has 1 amide bonds. The van der Waals surface area contributed by atoms with Crippen LogP contribution in [-0.4, -0.2) is 15.7 Å². The minimum absolute atomic E-state index is 0.0793. The Labute approximate surface area is 120 Å². The number of carbonyl (C=O) groups excluding carboxylic acids is 1. The lowest BCUT2D eigenvalue weighted by molar-refractivity contribution is -0.138. The minimum atomic E-state index is -4.52. The van der Waals surface area contributed by atoms with Gasteiger partial charge in [-0.05, 0) is 18.2 Å². The summed E-state index contributed by atoms with van der Waals surface area (Å²) in [5.41, 5.74) is -0.560. The maximum atomic E-state index is 12.7. The van der Waals surface area contributed by atoms with E-state index >= 15 is 0 Å². The molecule has 0 aliphatic rings. The molecule has 1 aromatic carbocycles. The molecule has 2 aromatic rings. The molecule has 0 saturated carbocycles. The van der Waals surface area contributed by atoms with E-state index in [1.54, 1.807) is 13.2 Å². The Bertz CT molecular complexity index is 652. The van der Waals surface area contributed by atoms with Crippen LogP contribution in [0.5, 0.6) is 0 Å². The molecule has 4 nitrogen and oxygen atoms in total. The molecule has 20 heavy (non-hydrogen) atoms. The lowest BCUT2D eigenvalue weighted by Gasteiger charge is -2.10. The Balaban J connectivity index is 2.27. The van der Waals surface area contributed by atoms with E-state index in [0.717, 1.165) is 6.07 Å². The zero-order chi connectivity index (χ0) is 14.9. The predicted octanol–water partition coefficient (Wildman–Crippen LogP) is 3.45. The van der Waals surface area contributed by atoms with Crippen molar-refractivity contribution in [2.45, 2.75) is 6.18 Å². The number of carbonyl (C=O) groups is 1. The van der Waals surface area contributed by atoms with Crippen LogP contribution in [0.3, 0.4) is 0 Å². The fraction of sp³-hybridized carbons (Fsp3) is 0.167. The number of benzene rings is 1. The number of amides is 1. The van der Waals surface area contributed by atoms with Crippen molar-refractivity contribution >= 4 is 27.5 Å². The molecule has 0 unspecified atom stereocenters. The zero-order valence-corrected chi connectivity index (χ0v) is 11.8. The lowest BCUT2D eigenvalue weighted by atomic mass is 10.1. The van der Waals surface area contributed by atoms with Gasteiger partial charge >= 0.3 is 6.18 Å². The normalized spacial score (nSPS) is 11.4. The SMILES string of the molecule is Cn1cc(NC(=O)c2ccc(Br)c(C(F)(F)F)c2)cn1. The topological polar surface area (TPSA) is 46.9 Å². The summed E-state index contributed by atoms with van der Waals surface area (Å²) in [6.07, 6.45) is -1.58. The van der Waals surface area contributed by atoms with Gasteiger partial charge in [-0.1, -0.05) is 15.9 Å². The molecule has 1 heterocycles. The van der Waals surface area contributed by atoms with E-state index in [1.165, 1.54) is 23.0 Å². The van der Waals surface area contributed by atoms with Crippen LogP contribution in [0.1, 0.15) is 15.9 Å². The zero-order valence-electron chi connectivity index (χ0n) is 10.2. The van der Waals surface area contributed by atoms with Gasteiger partial charge in [-0.3, -0.25) is 9.48 Å². The first-order chi connectivity index (χ1) is 9.27. The van der Waals surface area contributed by atoms with Gasteiger partial charge in [0.2, 0.25) is 0 Å². The highest BCUT2D eigenvalue weighted by Crippen LogP contribution is 2.35. The highest BCUT2D eigenvalue weighted by molar-refractivity contribution is 9.10. The van der Waals surface area contributed by atoms with Crippen LogP contribution < -0.4 is 5.32 Å². The average molecular weight is 348 g/mol. The van der Waals surface area contributed by atoms with Crippen molar-refractivity contribution in [3.63, 3.8) is 0 Å². The van der Waals surface area contributed by atoms with Gasteiger partial charge in [-0.2, -0.15) is 18.3 Å². The van der Waals surface area contributed by atoms with Crippen molar-refractivity contribution < 1.29 is 18.0 Å². The molecule has 1 aromatic heterocycles. The van der Waals surface area contributed by atoms with Crippen LogP contribution >= 0.6 is 15.9 Å². The first-order valence-electron chi connectivity index (χ1n) is 5.44. The average Bonchev–Trinajstić information content (AvgIpc) is 2.73. The number of anilines is 1. The molecule has 0 radical (unpaired) electrons. The Morgan fingerprint density at radius 2 is 2.10 bits per heavy atom. The molecule has 0 aliphatic heterocycles. The van der Waals surface area contributed by atoms with Crippen LogP contribution in [0.2, 0.25) is 0 Å². The second-order valence-corrected chi connectivity index (χ2v) is 4.90. The number of aryl methyl sites for hydroxylation is 1. The van der Waals surface area contributed by atoms with E-state index in [4.69, 9.17) is 0 Å². The van der Waals surface area contributed by atoms with Crippen molar-refractivity contribution in [2.75, 3.05) is 5.32 Å². The second kappa shape index (κ2) is 5.28. The molecule has 0 atom stereocenters. The summed E-state index contributed by atoms with van der Waals surface area (Å²) in [7, 11) is 1.66. The van der Waals surface area contributed by atoms with E-state index in [-0.39, 0.29) is 10.0 Å². The summed E-state index contributed by atoms with van der Waals surface area (Å²) < 4.78 is 39.6. The molecular weight excluding hydrogens is 339 g/mol. The molecule has 106 valence electrons. The smallest absolute Gasteiger partial charge is 0.319 e. The van der Waals surface area contributed by atoms with Gasteiger partial charge in [0, 0.05) is 23.3 Å². The Morgan fingerprint density at radius 3 is 2.65 bits per heavy atom. The van der Waals surface area contributed by atoms with Gasteiger partial charge in [0.15, 0.2) is 0 Å². The monoisotopic (exact) mass is 347 g/mol. The number of nitrogens with one attached hydrogen (secondary N) is 1. The number of nitrogens with zero attached hydrogens (tertiary/aromatic N) is 2. The number of alkyl halides is 3. The van der Waals surface area contributed by atoms with Gasteiger partial charge in [0.25, 0.3) is 5.91 Å². The third kappa shape index (κ3) is 3.19. The summed E-state index contributed by atoms with van der Waals surface area (Å²) >= 11 is 2.82. The molecule has 1 N–H and O–H groups in total. The number of hydrogen-bond donors (Lipinski definition) is 1. The van der Waals surface area contributed by atoms with Gasteiger partial charge in [0.05, 0.1) is 17.4 Å². The number of halogens is 4. The van der Waals surface area contributed by atoms with Crippen LogP contribution in [-0.2, 0) is 13.2 Å². The van der Waals surface area contributed by atoms with Crippen molar-refractivity contribution in [1.82, 2.24) is 9.78 Å². The van der Waals surface area contributed by atoms with E-state index in [2.05, 4.69) is 26.3 Å². The summed E-state index contributed by atoms with van der Waals surface area (Å²) in [6.45, 7) is 0. The largest absolute Gasteiger partial charge is 0.417 e. The third-order valence-corrected chi connectivity index (χ3v) is 3.19. The predicted molar refractivity (Wildman–Crippen MR) is 70.3 cm³/mol. The van der Waals surface area contributed by atoms with Gasteiger partial charge in [-0.25, -0.2) is 0 Å². The van der Waals surface area contributed by atoms with Crippen LogP contribution in [0.4, 0.5) is 18.9 Å². The molecule has 2 rings (SSSR count). The highest BCUT2D eigenvalue weighted by atomic mass is 79.9. The van der Waals surface area contributed by atoms with Crippen LogP contribution in [0, 0.1) is 0 Å². The van der Waals surface area contributed by atoms with Crippen molar-refractivity contribution in [3.05, 3.63) is 46.2 Å². The molecule has 0 saturated heterocycles. The molecule has 0 spiro atoms. The summed E-state index contributed by atoms with van der Waals surface area (Å²) in [6, 6.07) is 3.31. The first-order valence-corrected chi connectivity index (χ1v) is 6.23. The Kier molecular flexibility index (Phi) is 3.85. The fourth-order valence-corrected chi connectivity index (χ4v) is 2.04. The summed E-state index contributed by atoms with van der Waals surface area (Å²) in [5.74, 6) is -0.629. The number of hydrogen-bond acceptors (Lipinski definition) is 2. The van der Waals surface area contributed by atoms with Gasteiger partial charge in [0.1, 0.15) is 0 Å². The van der Waals surface area contributed by atoms with Crippen molar-refractivity contribution in [3.8, 4) is 0 Å². The summed E-state index contributed by atoms with van der Waals surface area (Å²) in [4.78, 5) is 11.9. The summed E-state index contributed by atoms with van der Waals surface area (Å²) in [5, 5.41) is 6.32. The van der Waals surface area contributed by atoms with E-state index in [0.29, 0.717) is 5.69 Å². The fourth-order valence-electron chi connectivity index (χ4n) is 1.57. The molecule has 0 bridgehead atoms. The number of aromatic nitrogens is 2. The highest BCUT2D eigenvalue weighted by Gasteiger charge is 2.33. The molecule has 0 fully saturated rings. The van der Waals surface area contributed by atoms with Gasteiger partial charge < -0.3 is 5.32 Å². The standard InChI is InChI=1S/C12H9BrF3N3O/c1-19-6-8(5-17-19)18-11(20)7-2-3-10(13)9(4-7)12(14,15)16/h2-6H,1H3,(H,18,20). The van der Waals surface area contributed by atoms with Crippen LogP contribution in [0.25, 0.3) is 0 Å². The van der Waals surface area contributed by atoms with E-state index < -0.39 is 17.6 Å². The van der Waals surface area contributed by atoms with E-state index in [1.807, 2.05) is 0 Å². The van der Waals surface area contributed by atoms with Crippen molar-refractivity contribution in [1.29, 1.82) is 0 Å². The number of rotatable bonds is 2. The van der Waals surface area contributed by atoms with Crippen LogP contribution in [0.15, 0.2) is 35.1 Å². The Hall–Kier alpha value is -1.83. The van der Waals surface area contributed by atoms with Gasteiger partial charge in [-0.15, -0.1) is 0 Å². The Morgan fingerprint density at radius 1 is 1.40 bits per heavy atom. The quantitative estimate of drug-likeness (QED) is 0.904. The first kappa shape index (κ1) is 14.6.